The van der Waals surface area contributed by atoms with Crippen LogP contribution in [-0.4, -0.2) is 44.0 Å². The Bertz CT molecular complexity index is 3730. The zero-order chi connectivity index (χ0) is 51.7. The summed E-state index contributed by atoms with van der Waals surface area (Å²) in [5.74, 6) is -0.305. The van der Waals surface area contributed by atoms with Crippen molar-refractivity contribution in [2.24, 2.45) is 0 Å². The monoisotopic (exact) mass is 1040 g/mol. The first-order chi connectivity index (χ1) is 37.4. The summed E-state index contributed by atoms with van der Waals surface area (Å²) in [6, 6.07) is 60.6. The van der Waals surface area contributed by atoms with E-state index >= 15 is 0 Å². The molecule has 4 aromatic carbocycles. The van der Waals surface area contributed by atoms with Crippen molar-refractivity contribution in [3.63, 3.8) is 0 Å². The van der Waals surface area contributed by atoms with E-state index in [0.717, 1.165) is 115 Å². The van der Waals surface area contributed by atoms with E-state index in [1.165, 1.54) is 16.7 Å². The summed E-state index contributed by atoms with van der Waals surface area (Å²) in [6.45, 7) is 2.21. The Balaban J connectivity index is 0.00000130. The van der Waals surface area contributed by atoms with Crippen molar-refractivity contribution >= 4 is 52.3 Å². The molecule has 0 atom stereocenters. The fourth-order valence-corrected chi connectivity index (χ4v) is 9.95. The van der Waals surface area contributed by atoms with Gasteiger partial charge in [-0.3, -0.25) is 20.3 Å². The normalized spacial score (nSPS) is 11.5. The quantitative estimate of drug-likeness (QED) is 0.0667. The van der Waals surface area contributed by atoms with Gasteiger partial charge in [0.25, 0.3) is 0 Å². The number of aliphatic carboxylic acids is 1. The van der Waals surface area contributed by atoms with Gasteiger partial charge in [-0.1, -0.05) is 127 Å². The van der Waals surface area contributed by atoms with Crippen molar-refractivity contribution < 1.29 is 31.7 Å². The fraction of sp³-hybridized carbons (Fsp3) is 0.0769. The van der Waals surface area contributed by atoms with E-state index in [9.17, 15) is 0 Å². The Morgan fingerprint density at radius 1 is 0.468 bits per heavy atom. The summed E-state index contributed by atoms with van der Waals surface area (Å²) >= 11 is 0. The Labute approximate surface area is 456 Å². The SMILES string of the molecule is C1=Cc2nc1c(-c1ccncc1)c1ccc([n-]1)c(-c1ccncc1)c1nc(c(-c3ccc(OCCCNC(c4ccccc4)(c4ccccc4)c4ccccc4)cc3)c3ccc([n-]3)c2-c2ccncc2)C=C1.CC(=O)[O-].[Mn+3]. The second-order valence-corrected chi connectivity index (χ2v) is 18.1. The third-order valence-corrected chi connectivity index (χ3v) is 13.3. The molecule has 0 saturated carbocycles. The smallest absolute Gasteiger partial charge is 0.657 e. The van der Waals surface area contributed by atoms with E-state index in [1.54, 1.807) is 37.2 Å². The molecule has 12 rings (SSSR count). The van der Waals surface area contributed by atoms with Crippen LogP contribution < -0.4 is 25.1 Å². The first-order valence-electron chi connectivity index (χ1n) is 25.0. The van der Waals surface area contributed by atoms with E-state index < -0.39 is 11.5 Å². The van der Waals surface area contributed by atoms with E-state index in [-0.39, 0.29) is 17.1 Å². The van der Waals surface area contributed by atoms with Crippen LogP contribution in [0.3, 0.4) is 0 Å². The molecule has 2 aliphatic heterocycles. The molecule has 374 valence electrons. The predicted molar refractivity (Wildman–Crippen MR) is 300 cm³/mol. The number of carbonyl (C=O) groups is 1. The van der Waals surface area contributed by atoms with Gasteiger partial charge in [0.15, 0.2) is 0 Å². The number of nitrogens with zero attached hydrogens (tertiary/aromatic N) is 7. The number of benzene rings is 4. The van der Waals surface area contributed by atoms with Crippen molar-refractivity contribution in [1.29, 1.82) is 0 Å². The number of rotatable bonds is 13. The molecule has 1 N–H and O–H groups in total. The minimum absolute atomic E-state index is 0. The summed E-state index contributed by atoms with van der Waals surface area (Å²) in [7, 11) is 0. The van der Waals surface area contributed by atoms with Gasteiger partial charge in [0.2, 0.25) is 0 Å². The van der Waals surface area contributed by atoms with Crippen molar-refractivity contribution in [3.8, 4) is 50.3 Å². The number of pyridine rings is 3. The van der Waals surface area contributed by atoms with Crippen LogP contribution in [0, 0.1) is 0 Å². The predicted octanol–water partition coefficient (Wildman–Crippen LogP) is 11.9. The van der Waals surface area contributed by atoms with Crippen molar-refractivity contribution in [2.45, 2.75) is 18.9 Å². The first-order valence-corrected chi connectivity index (χ1v) is 25.0. The van der Waals surface area contributed by atoms with Crippen LogP contribution in [0.2, 0.25) is 0 Å². The summed E-state index contributed by atoms with van der Waals surface area (Å²) in [5.41, 5.74) is 16.6. The average Bonchev–Trinajstić information content (AvgIpc) is 4.37. The number of carboxylic acids is 1. The van der Waals surface area contributed by atoms with Crippen LogP contribution in [0.25, 0.3) is 90.9 Å². The maximum absolute atomic E-state index is 8.89. The van der Waals surface area contributed by atoms with Gasteiger partial charge in [-0.25, -0.2) is 9.97 Å². The fourth-order valence-electron chi connectivity index (χ4n) is 9.95. The van der Waals surface area contributed by atoms with Crippen molar-refractivity contribution in [3.05, 3.63) is 253 Å². The Morgan fingerprint density at radius 3 is 1.10 bits per heavy atom. The molecule has 10 aromatic rings. The van der Waals surface area contributed by atoms with Crippen molar-refractivity contribution in [2.75, 3.05) is 13.2 Å². The molecule has 8 heterocycles. The standard InChI is InChI=1S/C63H46N8O.C2H4O2.Mn/c1-4-11-47(12-5-1)63(48-13-6-2-7-14-48,49-15-8-3-9-16-49)67-35-10-42-72-50-19-17-43(18-20-50)59-51-21-23-53(68-51)60(44-29-36-64-37-30-44)55-25-27-57(70-55)62(46-33-40-66-41-34-46)58-28-26-56(71-58)61(45-31-38-65-39-32-45)54-24-22-52(59)69-54;1-2(3)4;/h1-9,11-34,36-41,67H,10,35,42H2;1H3,(H,3,4);/q-2;;+3/p-1. The molecule has 0 spiro atoms. The van der Waals surface area contributed by atoms with Gasteiger partial charge in [0.1, 0.15) is 5.75 Å². The van der Waals surface area contributed by atoms with Gasteiger partial charge in [0.05, 0.1) is 34.9 Å². The van der Waals surface area contributed by atoms with Crippen LogP contribution in [0.4, 0.5) is 0 Å². The second-order valence-electron chi connectivity index (χ2n) is 18.1. The third kappa shape index (κ3) is 10.9. The van der Waals surface area contributed by atoms with Crippen LogP contribution in [0.15, 0.2) is 213 Å². The van der Waals surface area contributed by atoms with Crippen molar-refractivity contribution in [1.82, 2.24) is 40.2 Å². The largest absolute Gasteiger partial charge is 3.00 e. The molecule has 0 fully saturated rings. The second kappa shape index (κ2) is 23.5. The molecule has 77 heavy (non-hydrogen) atoms. The van der Waals surface area contributed by atoms with Crippen LogP contribution in [0.5, 0.6) is 5.75 Å². The van der Waals surface area contributed by atoms with E-state index in [2.05, 4.69) is 172 Å². The zero-order valence-electron chi connectivity index (χ0n) is 41.9. The van der Waals surface area contributed by atoms with Gasteiger partial charge >= 0.3 is 17.1 Å². The van der Waals surface area contributed by atoms with Gasteiger partial charge in [-0.15, -0.1) is 22.1 Å². The molecule has 12 heteroatoms. The molecule has 11 nitrogen and oxygen atoms in total. The Hall–Kier alpha value is -9.32. The first kappa shape index (κ1) is 51.2. The van der Waals surface area contributed by atoms with E-state index in [4.69, 9.17) is 34.6 Å². The number of carbonyl (C=O) groups excluding carboxylic acids is 1. The van der Waals surface area contributed by atoms with Gasteiger partial charge in [0, 0.05) is 43.2 Å². The Morgan fingerprint density at radius 2 is 0.779 bits per heavy atom. The number of hydrogen-bond donors (Lipinski definition) is 1. The molecule has 6 aromatic heterocycles. The number of fused-ring (bicyclic) bond motifs is 8. The third-order valence-electron chi connectivity index (χ3n) is 13.3. The van der Waals surface area contributed by atoms with Crippen LogP contribution in [-0.2, 0) is 27.4 Å². The molecule has 0 unspecified atom stereocenters. The van der Waals surface area contributed by atoms with Gasteiger partial charge in [-0.05, 0) is 154 Å². The number of ether oxygens (including phenoxy) is 1. The van der Waals surface area contributed by atoms with E-state index in [0.29, 0.717) is 6.61 Å². The Kier molecular flexibility index (Phi) is 15.6. The minimum atomic E-state index is -1.08. The molecule has 8 bridgehead atoms. The molecular formula is C65H49MnN8O3. The average molecular weight is 1050 g/mol. The number of hydrogen-bond acceptors (Lipinski definition) is 9. The number of carboxylic acid groups (broad SMARTS) is 1. The molecule has 0 amide bonds. The number of nitrogens with one attached hydrogen (secondary N) is 1. The topological polar surface area (TPSA) is 154 Å². The van der Waals surface area contributed by atoms with Crippen LogP contribution in [0.1, 0.15) is 52.8 Å². The summed E-state index contributed by atoms with van der Waals surface area (Å²) < 4.78 is 6.47. The summed E-state index contributed by atoms with van der Waals surface area (Å²) in [5, 5.41) is 12.9. The molecule has 0 saturated heterocycles. The molecule has 2 aliphatic rings. The molecule has 0 aliphatic carbocycles. The number of aromatic nitrogens is 7. The summed E-state index contributed by atoms with van der Waals surface area (Å²) in [6.07, 6.45) is 19.9. The minimum Gasteiger partial charge on any atom is -0.657 e. The molecular weight excluding hydrogens is 996 g/mol. The van der Waals surface area contributed by atoms with Gasteiger partial charge < -0.3 is 24.6 Å². The summed E-state index contributed by atoms with van der Waals surface area (Å²) in [4.78, 5) is 43.4. The maximum Gasteiger partial charge on any atom is 3.00 e. The van der Waals surface area contributed by atoms with Gasteiger partial charge in [-0.2, -0.15) is 0 Å². The zero-order valence-corrected chi connectivity index (χ0v) is 43.1. The maximum atomic E-state index is 8.89. The van der Waals surface area contributed by atoms with E-state index in [1.807, 2.05) is 48.5 Å². The van der Waals surface area contributed by atoms with Crippen LogP contribution >= 0.6 is 0 Å². The molecule has 0 radical (unpaired) electrons.